The zero-order valence-electron chi connectivity index (χ0n) is 13.5. The van der Waals surface area contributed by atoms with Gasteiger partial charge in [-0.3, -0.25) is 0 Å². The number of aromatic hydroxyl groups is 1. The maximum absolute atomic E-state index is 9.51. The van der Waals surface area contributed by atoms with Crippen LogP contribution in [0.1, 0.15) is 18.4 Å². The summed E-state index contributed by atoms with van der Waals surface area (Å²) in [6.45, 7) is 2.85. The first-order valence-electron chi connectivity index (χ1n) is 8.15. The van der Waals surface area contributed by atoms with Gasteiger partial charge in [-0.1, -0.05) is 24.3 Å². The number of nitrogens with zero attached hydrogens (tertiary/aromatic N) is 1. The highest BCUT2D eigenvalue weighted by atomic mass is 16.5. The van der Waals surface area contributed by atoms with E-state index in [-0.39, 0.29) is 0 Å². The van der Waals surface area contributed by atoms with Crippen LogP contribution in [0, 0.1) is 0 Å². The normalized spacial score (nSPS) is 15.6. The van der Waals surface area contributed by atoms with Gasteiger partial charge in [-0.2, -0.15) is 0 Å². The SMILES string of the molecule is COc1ccccc1N1CCC(NCc2cccc(O)c2)CC1. The summed E-state index contributed by atoms with van der Waals surface area (Å²) >= 11 is 0. The molecule has 4 heteroatoms. The molecule has 2 aromatic carbocycles. The largest absolute Gasteiger partial charge is 0.508 e. The number of hydrogen-bond acceptors (Lipinski definition) is 4. The van der Waals surface area contributed by atoms with E-state index in [1.165, 1.54) is 5.69 Å². The van der Waals surface area contributed by atoms with Gasteiger partial charge in [-0.25, -0.2) is 0 Å². The molecular formula is C19H24N2O2. The molecule has 0 saturated carbocycles. The van der Waals surface area contributed by atoms with Gasteiger partial charge in [0.1, 0.15) is 11.5 Å². The van der Waals surface area contributed by atoms with Crippen LogP contribution in [0.5, 0.6) is 11.5 Å². The van der Waals surface area contributed by atoms with E-state index in [1.807, 2.05) is 30.3 Å². The maximum atomic E-state index is 9.51. The second-order valence-electron chi connectivity index (χ2n) is 5.98. The van der Waals surface area contributed by atoms with Crippen molar-refractivity contribution in [1.82, 2.24) is 5.32 Å². The van der Waals surface area contributed by atoms with Gasteiger partial charge in [-0.05, 0) is 42.7 Å². The van der Waals surface area contributed by atoms with Gasteiger partial charge in [0.05, 0.1) is 12.8 Å². The molecule has 2 aromatic rings. The summed E-state index contributed by atoms with van der Waals surface area (Å²) in [7, 11) is 1.72. The number of hydrogen-bond donors (Lipinski definition) is 2. The lowest BCUT2D eigenvalue weighted by Crippen LogP contribution is -2.42. The number of anilines is 1. The second-order valence-corrected chi connectivity index (χ2v) is 5.98. The number of piperidine rings is 1. The lowest BCUT2D eigenvalue weighted by Gasteiger charge is -2.34. The zero-order chi connectivity index (χ0) is 16.1. The molecule has 4 nitrogen and oxygen atoms in total. The van der Waals surface area contributed by atoms with Crippen molar-refractivity contribution in [3.8, 4) is 11.5 Å². The Kier molecular flexibility index (Phi) is 5.03. The van der Waals surface area contributed by atoms with Crippen molar-refractivity contribution < 1.29 is 9.84 Å². The Morgan fingerprint density at radius 2 is 1.91 bits per heavy atom. The van der Waals surface area contributed by atoms with E-state index >= 15 is 0 Å². The van der Waals surface area contributed by atoms with Crippen molar-refractivity contribution in [2.24, 2.45) is 0 Å². The van der Waals surface area contributed by atoms with Crippen LogP contribution in [-0.4, -0.2) is 31.3 Å². The summed E-state index contributed by atoms with van der Waals surface area (Å²) in [5.41, 5.74) is 2.30. The minimum absolute atomic E-state index is 0.329. The van der Waals surface area contributed by atoms with Crippen molar-refractivity contribution in [2.45, 2.75) is 25.4 Å². The van der Waals surface area contributed by atoms with Crippen molar-refractivity contribution in [3.05, 3.63) is 54.1 Å². The Hall–Kier alpha value is -2.20. The fourth-order valence-corrected chi connectivity index (χ4v) is 3.14. The highest BCUT2D eigenvalue weighted by molar-refractivity contribution is 5.58. The molecule has 1 heterocycles. The highest BCUT2D eigenvalue weighted by Crippen LogP contribution is 2.29. The van der Waals surface area contributed by atoms with Crippen molar-refractivity contribution in [2.75, 3.05) is 25.1 Å². The molecule has 1 saturated heterocycles. The lowest BCUT2D eigenvalue weighted by atomic mass is 10.0. The van der Waals surface area contributed by atoms with E-state index in [9.17, 15) is 5.11 Å². The van der Waals surface area contributed by atoms with E-state index < -0.39 is 0 Å². The minimum Gasteiger partial charge on any atom is -0.508 e. The van der Waals surface area contributed by atoms with Gasteiger partial charge in [0.25, 0.3) is 0 Å². The molecule has 0 bridgehead atoms. The molecule has 0 radical (unpaired) electrons. The van der Waals surface area contributed by atoms with Gasteiger partial charge in [0.15, 0.2) is 0 Å². The molecule has 122 valence electrons. The monoisotopic (exact) mass is 312 g/mol. The molecule has 0 atom stereocenters. The summed E-state index contributed by atoms with van der Waals surface area (Å²) in [6.07, 6.45) is 2.22. The quantitative estimate of drug-likeness (QED) is 0.890. The molecule has 1 fully saturated rings. The number of para-hydroxylation sites is 2. The van der Waals surface area contributed by atoms with Crippen LogP contribution in [-0.2, 0) is 6.54 Å². The summed E-state index contributed by atoms with van der Waals surface area (Å²) in [5.74, 6) is 1.27. The van der Waals surface area contributed by atoms with Crippen LogP contribution in [0.15, 0.2) is 48.5 Å². The van der Waals surface area contributed by atoms with Crippen LogP contribution >= 0.6 is 0 Å². The molecule has 0 unspecified atom stereocenters. The number of phenolic OH excluding ortho intramolecular Hbond substituents is 1. The van der Waals surface area contributed by atoms with Crippen LogP contribution in [0.3, 0.4) is 0 Å². The molecule has 0 aliphatic carbocycles. The maximum Gasteiger partial charge on any atom is 0.142 e. The standard InChI is InChI=1S/C19H24N2O2/c1-23-19-8-3-2-7-18(19)21-11-9-16(10-12-21)20-14-15-5-4-6-17(22)13-15/h2-8,13,16,20,22H,9-12,14H2,1H3. The van der Waals surface area contributed by atoms with E-state index in [2.05, 4.69) is 22.3 Å². The van der Waals surface area contributed by atoms with Gasteiger partial charge in [-0.15, -0.1) is 0 Å². The van der Waals surface area contributed by atoms with E-state index in [0.29, 0.717) is 11.8 Å². The molecule has 0 aromatic heterocycles. The number of phenols is 1. The van der Waals surface area contributed by atoms with E-state index in [1.54, 1.807) is 13.2 Å². The minimum atomic E-state index is 0.329. The Bertz CT molecular complexity index is 637. The number of ether oxygens (including phenoxy) is 1. The predicted molar refractivity (Wildman–Crippen MR) is 93.2 cm³/mol. The third kappa shape index (κ3) is 3.96. The Morgan fingerprint density at radius 1 is 1.13 bits per heavy atom. The average molecular weight is 312 g/mol. The number of rotatable bonds is 5. The molecule has 0 amide bonds. The fourth-order valence-electron chi connectivity index (χ4n) is 3.14. The van der Waals surface area contributed by atoms with Gasteiger partial charge < -0.3 is 20.1 Å². The second kappa shape index (κ2) is 7.38. The smallest absolute Gasteiger partial charge is 0.142 e. The first-order chi connectivity index (χ1) is 11.3. The summed E-state index contributed by atoms with van der Waals surface area (Å²) in [4.78, 5) is 2.39. The lowest BCUT2D eigenvalue weighted by molar-refractivity contribution is 0.397. The topological polar surface area (TPSA) is 44.7 Å². The molecule has 0 spiro atoms. The zero-order valence-corrected chi connectivity index (χ0v) is 13.5. The van der Waals surface area contributed by atoms with Crippen LogP contribution < -0.4 is 15.0 Å². The number of methoxy groups -OCH3 is 1. The predicted octanol–water partition coefficient (Wildman–Crippen LogP) is 3.16. The molecular weight excluding hydrogens is 288 g/mol. The van der Waals surface area contributed by atoms with Crippen LogP contribution in [0.4, 0.5) is 5.69 Å². The fraction of sp³-hybridized carbons (Fsp3) is 0.368. The Morgan fingerprint density at radius 3 is 2.65 bits per heavy atom. The van der Waals surface area contributed by atoms with Crippen molar-refractivity contribution >= 4 is 5.69 Å². The van der Waals surface area contributed by atoms with Crippen LogP contribution in [0.25, 0.3) is 0 Å². The molecule has 3 rings (SSSR count). The Labute approximate surface area is 137 Å². The first-order valence-corrected chi connectivity index (χ1v) is 8.15. The van der Waals surface area contributed by atoms with Crippen molar-refractivity contribution in [3.63, 3.8) is 0 Å². The molecule has 1 aliphatic rings. The van der Waals surface area contributed by atoms with Gasteiger partial charge >= 0.3 is 0 Å². The third-order valence-corrected chi connectivity index (χ3v) is 4.43. The molecule has 23 heavy (non-hydrogen) atoms. The first kappa shape index (κ1) is 15.7. The third-order valence-electron chi connectivity index (χ3n) is 4.43. The van der Waals surface area contributed by atoms with Crippen LogP contribution in [0.2, 0.25) is 0 Å². The summed E-state index contributed by atoms with van der Waals surface area (Å²) in [5, 5.41) is 13.1. The highest BCUT2D eigenvalue weighted by Gasteiger charge is 2.20. The molecule has 1 aliphatic heterocycles. The Balaban J connectivity index is 1.52. The number of benzene rings is 2. The molecule has 2 N–H and O–H groups in total. The summed E-state index contributed by atoms with van der Waals surface area (Å²) < 4.78 is 5.46. The van der Waals surface area contributed by atoms with Gasteiger partial charge in [0, 0.05) is 25.7 Å². The van der Waals surface area contributed by atoms with E-state index in [4.69, 9.17) is 4.74 Å². The van der Waals surface area contributed by atoms with Crippen molar-refractivity contribution in [1.29, 1.82) is 0 Å². The number of nitrogens with one attached hydrogen (secondary N) is 1. The summed E-state index contributed by atoms with van der Waals surface area (Å²) in [6, 6.07) is 16.2. The van der Waals surface area contributed by atoms with E-state index in [0.717, 1.165) is 43.8 Å². The van der Waals surface area contributed by atoms with Gasteiger partial charge in [0.2, 0.25) is 0 Å². The average Bonchev–Trinajstić information content (AvgIpc) is 2.60.